The zero-order valence-electron chi connectivity index (χ0n) is 26.1. The van der Waals surface area contributed by atoms with Crippen LogP contribution in [-0.4, -0.2) is 76.9 Å². The van der Waals surface area contributed by atoms with Crippen molar-refractivity contribution in [3.8, 4) is 29.4 Å². The summed E-state index contributed by atoms with van der Waals surface area (Å²) in [7, 11) is -3.66. The monoisotopic (exact) mass is 678 g/mol. The second kappa shape index (κ2) is 12.2. The molecule has 0 radical (unpaired) electrons. The molecular formula is C37H30N2O9S. The molecule has 3 aromatic carbocycles. The van der Waals surface area contributed by atoms with Crippen LogP contribution in [0.25, 0.3) is 0 Å². The Balaban J connectivity index is 1.19. The number of phenols is 1. The molecular weight excluding hydrogens is 648 g/mol. The third kappa shape index (κ3) is 5.54. The standard InChI is InChI=1S/C37H30N2O9S/c1-20(40)30-27-11-7-2-3-8-12-28(41)31(30)26-17-29(42)32-33(34(26)38-27)36(44)25-16-22-19-39(18-21(22)15-24(25)35(32)43)37(45)48-13-14-49(46,47)23-9-5-4-6-10-23/h2-6,9-10,15-17,20,27-28,30-31,38,40-42H,13-14,18-19H2,1H3/b3-2-. The van der Waals surface area contributed by atoms with Crippen LogP contribution in [0.2, 0.25) is 0 Å². The van der Waals surface area contributed by atoms with E-state index in [0.717, 1.165) is 0 Å². The van der Waals surface area contributed by atoms with Crippen LogP contribution in [0.1, 0.15) is 61.4 Å². The highest BCUT2D eigenvalue weighted by molar-refractivity contribution is 7.91. The summed E-state index contributed by atoms with van der Waals surface area (Å²) in [5, 5.41) is 36.5. The summed E-state index contributed by atoms with van der Waals surface area (Å²) in [5.74, 6) is 7.84. The van der Waals surface area contributed by atoms with Crippen molar-refractivity contribution in [3.63, 3.8) is 0 Å². The summed E-state index contributed by atoms with van der Waals surface area (Å²) in [6, 6.07) is 11.5. The van der Waals surface area contributed by atoms with Gasteiger partial charge in [0.15, 0.2) is 21.4 Å². The number of hydrogen-bond donors (Lipinski definition) is 4. The second-order valence-corrected chi connectivity index (χ2v) is 14.5. The van der Waals surface area contributed by atoms with E-state index in [2.05, 4.69) is 29.0 Å². The van der Waals surface area contributed by atoms with Crippen molar-refractivity contribution in [1.82, 2.24) is 4.90 Å². The van der Waals surface area contributed by atoms with Gasteiger partial charge in [0, 0.05) is 36.1 Å². The minimum absolute atomic E-state index is 0.0613. The van der Waals surface area contributed by atoms with Crippen molar-refractivity contribution >= 4 is 33.2 Å². The minimum Gasteiger partial charge on any atom is -0.507 e. The van der Waals surface area contributed by atoms with E-state index in [1.165, 1.54) is 41.3 Å². The molecule has 7 rings (SSSR count). The van der Waals surface area contributed by atoms with E-state index in [4.69, 9.17) is 4.74 Å². The van der Waals surface area contributed by atoms with E-state index in [-0.39, 0.29) is 52.5 Å². The molecule has 2 bridgehead atoms. The molecule has 4 N–H and O–H groups in total. The van der Waals surface area contributed by atoms with Gasteiger partial charge in [-0.15, -0.1) is 0 Å². The third-order valence-electron chi connectivity index (χ3n) is 9.36. The van der Waals surface area contributed by atoms with Gasteiger partial charge in [0.25, 0.3) is 0 Å². The normalized spacial score (nSPS) is 22.8. The number of phenolic OH excluding ortho intramolecular Hbond substituents is 1. The highest BCUT2D eigenvalue weighted by Crippen LogP contribution is 2.49. The van der Waals surface area contributed by atoms with Gasteiger partial charge in [0.2, 0.25) is 0 Å². The molecule has 0 fully saturated rings. The molecule has 49 heavy (non-hydrogen) atoms. The first-order valence-corrected chi connectivity index (χ1v) is 17.3. The average molecular weight is 679 g/mol. The Labute approximate surface area is 282 Å². The Morgan fingerprint density at radius 1 is 1.00 bits per heavy atom. The number of amides is 1. The lowest BCUT2D eigenvalue weighted by molar-refractivity contribution is 0.0646. The Hall–Kier alpha value is -5.40. The second-order valence-electron chi connectivity index (χ2n) is 12.4. The number of hydrogen-bond acceptors (Lipinski definition) is 10. The van der Waals surface area contributed by atoms with Gasteiger partial charge in [-0.2, -0.15) is 0 Å². The fraction of sp³-hybridized carbons (Fsp3) is 0.270. The molecule has 5 unspecified atom stereocenters. The summed E-state index contributed by atoms with van der Waals surface area (Å²) in [6.07, 6.45) is 0.00428. The van der Waals surface area contributed by atoms with E-state index in [1.807, 2.05) is 0 Å². The van der Waals surface area contributed by atoms with Gasteiger partial charge >= 0.3 is 6.09 Å². The summed E-state index contributed by atoms with van der Waals surface area (Å²) < 4.78 is 30.4. The van der Waals surface area contributed by atoms with E-state index >= 15 is 0 Å². The zero-order valence-corrected chi connectivity index (χ0v) is 27.0. The van der Waals surface area contributed by atoms with Crippen LogP contribution in [0.15, 0.2) is 65.6 Å². The highest BCUT2D eigenvalue weighted by Gasteiger charge is 2.46. The number of nitrogens with one attached hydrogen (secondary N) is 1. The first kappa shape index (κ1) is 32.2. The number of carbonyl (C=O) groups is 3. The SMILES string of the molecule is CC(O)C1C2C#C/C=C\C#CC(O)C1c1cc(O)c3c(c1N2)C(=O)c1cc2c(cc1C3=O)CN(C(=O)OCCS(=O)(=O)c1ccccc1)C2. The zero-order chi connectivity index (χ0) is 34.6. The minimum atomic E-state index is -3.66. The smallest absolute Gasteiger partial charge is 0.410 e. The molecule has 12 heteroatoms. The van der Waals surface area contributed by atoms with Crippen molar-refractivity contribution in [2.75, 3.05) is 17.7 Å². The van der Waals surface area contributed by atoms with Crippen molar-refractivity contribution < 1.29 is 42.9 Å². The van der Waals surface area contributed by atoms with Crippen molar-refractivity contribution in [2.45, 2.75) is 49.1 Å². The van der Waals surface area contributed by atoms with Crippen LogP contribution in [0.3, 0.4) is 0 Å². The van der Waals surface area contributed by atoms with Crippen LogP contribution in [-0.2, 0) is 27.7 Å². The predicted molar refractivity (Wildman–Crippen MR) is 177 cm³/mol. The average Bonchev–Trinajstić information content (AvgIpc) is 3.50. The van der Waals surface area contributed by atoms with Crippen molar-refractivity contribution in [2.24, 2.45) is 5.92 Å². The largest absolute Gasteiger partial charge is 0.507 e. The quantitative estimate of drug-likeness (QED) is 0.182. The maximum atomic E-state index is 14.3. The van der Waals surface area contributed by atoms with Crippen LogP contribution in [0.4, 0.5) is 10.5 Å². The molecule has 0 saturated carbocycles. The molecule has 5 atom stereocenters. The van der Waals surface area contributed by atoms with E-state index in [9.17, 15) is 38.1 Å². The Bertz CT molecular complexity index is 2200. The number of benzene rings is 3. The molecule has 2 heterocycles. The van der Waals surface area contributed by atoms with Gasteiger partial charge in [0.05, 0.1) is 39.6 Å². The number of aliphatic hydroxyl groups excluding tert-OH is 2. The number of ether oxygens (including phenoxy) is 1. The van der Waals surface area contributed by atoms with Crippen LogP contribution >= 0.6 is 0 Å². The highest BCUT2D eigenvalue weighted by atomic mass is 32.2. The summed E-state index contributed by atoms with van der Waals surface area (Å²) >= 11 is 0. The number of allylic oxidation sites excluding steroid dienone is 2. The lowest BCUT2D eigenvalue weighted by Crippen LogP contribution is -2.47. The Morgan fingerprint density at radius 3 is 2.29 bits per heavy atom. The van der Waals surface area contributed by atoms with E-state index < -0.39 is 69.1 Å². The third-order valence-corrected chi connectivity index (χ3v) is 11.1. The Kier molecular flexibility index (Phi) is 8.04. The first-order valence-electron chi connectivity index (χ1n) is 15.6. The molecule has 0 saturated heterocycles. The molecule has 0 aromatic heterocycles. The fourth-order valence-corrected chi connectivity index (χ4v) is 8.18. The molecule has 2 aliphatic carbocycles. The van der Waals surface area contributed by atoms with Gasteiger partial charge in [-0.3, -0.25) is 14.5 Å². The molecule has 4 aliphatic rings. The number of ketones is 2. The fourth-order valence-electron chi connectivity index (χ4n) is 7.07. The lowest BCUT2D eigenvalue weighted by atomic mass is 9.69. The topological polar surface area (TPSA) is 171 Å². The van der Waals surface area contributed by atoms with Crippen LogP contribution in [0.5, 0.6) is 5.75 Å². The molecule has 0 spiro atoms. The van der Waals surface area contributed by atoms with Crippen LogP contribution in [0, 0.1) is 29.6 Å². The van der Waals surface area contributed by atoms with Gasteiger partial charge in [-0.05, 0) is 66.1 Å². The van der Waals surface area contributed by atoms with Gasteiger partial charge in [-0.25, -0.2) is 13.2 Å². The number of anilines is 1. The van der Waals surface area contributed by atoms with Crippen LogP contribution < -0.4 is 5.32 Å². The van der Waals surface area contributed by atoms with Gasteiger partial charge < -0.3 is 25.4 Å². The Morgan fingerprint density at radius 2 is 1.63 bits per heavy atom. The molecule has 1 amide bonds. The number of aromatic hydroxyl groups is 1. The summed E-state index contributed by atoms with van der Waals surface area (Å²) in [5.41, 5.74) is 1.62. The molecule has 11 nitrogen and oxygen atoms in total. The number of rotatable bonds is 5. The first-order chi connectivity index (χ1) is 23.5. The van der Waals surface area contributed by atoms with Gasteiger partial charge in [-0.1, -0.05) is 41.9 Å². The number of carbonyl (C=O) groups excluding carboxylic acids is 3. The predicted octanol–water partition coefficient (Wildman–Crippen LogP) is 2.91. The van der Waals surface area contributed by atoms with E-state index in [0.29, 0.717) is 16.7 Å². The maximum absolute atomic E-state index is 14.3. The van der Waals surface area contributed by atoms with Crippen molar-refractivity contribution in [3.05, 3.63) is 99.6 Å². The molecule has 3 aromatic rings. The molecule has 248 valence electrons. The maximum Gasteiger partial charge on any atom is 0.410 e. The van der Waals surface area contributed by atoms with E-state index in [1.54, 1.807) is 31.2 Å². The summed E-state index contributed by atoms with van der Waals surface area (Å²) in [4.78, 5) is 42.7. The number of fused-ring (bicyclic) bond motifs is 8. The number of sulfone groups is 1. The number of aliphatic hydroxyl groups is 2. The van der Waals surface area contributed by atoms with Gasteiger partial charge in [0.1, 0.15) is 18.5 Å². The molecule has 2 aliphatic heterocycles. The summed E-state index contributed by atoms with van der Waals surface area (Å²) in [6.45, 7) is 1.33. The lowest BCUT2D eigenvalue weighted by Gasteiger charge is -2.42. The van der Waals surface area contributed by atoms with Crippen molar-refractivity contribution in [1.29, 1.82) is 0 Å². The number of nitrogens with zero attached hydrogens (tertiary/aromatic N) is 1.